The van der Waals surface area contributed by atoms with Gasteiger partial charge < -0.3 is 20.1 Å². The normalized spacial score (nSPS) is 16.6. The van der Waals surface area contributed by atoms with Crippen LogP contribution in [0.15, 0.2) is 48.5 Å². The summed E-state index contributed by atoms with van der Waals surface area (Å²) in [6.07, 6.45) is 5.37. The third kappa shape index (κ3) is 7.00. The molecule has 2 fully saturated rings. The van der Waals surface area contributed by atoms with E-state index in [1.807, 2.05) is 6.92 Å². The number of carbonyl (C=O) groups excluding carboxylic acids is 1. The van der Waals surface area contributed by atoms with Crippen molar-refractivity contribution < 1.29 is 14.6 Å². The number of rotatable bonds is 6. The molecular weight excluding hydrogens is 364 g/mol. The SMILES string of the molecule is CC(=O)NC(C)c1ccc(O)cc1.c1cc(N2CCCC2)ccc1OCC1CC1. The summed E-state index contributed by atoms with van der Waals surface area (Å²) in [7, 11) is 0. The van der Waals surface area contributed by atoms with E-state index in [1.165, 1.54) is 51.4 Å². The fraction of sp³-hybridized carbons (Fsp3) is 0.458. The van der Waals surface area contributed by atoms with Crippen LogP contribution in [0.25, 0.3) is 0 Å². The van der Waals surface area contributed by atoms with Crippen LogP contribution in [0.1, 0.15) is 51.1 Å². The smallest absolute Gasteiger partial charge is 0.217 e. The summed E-state index contributed by atoms with van der Waals surface area (Å²) >= 11 is 0. The highest BCUT2D eigenvalue weighted by atomic mass is 16.5. The Kier molecular flexibility index (Phi) is 7.39. The van der Waals surface area contributed by atoms with Crippen molar-refractivity contribution in [3.63, 3.8) is 0 Å². The van der Waals surface area contributed by atoms with Crippen molar-refractivity contribution in [2.45, 2.75) is 45.6 Å². The molecule has 1 aliphatic heterocycles. The molecule has 1 saturated heterocycles. The minimum absolute atomic E-state index is 0.0156. The van der Waals surface area contributed by atoms with Crippen LogP contribution in [0.3, 0.4) is 0 Å². The first-order chi connectivity index (χ1) is 14.0. The van der Waals surface area contributed by atoms with Gasteiger partial charge in [0.1, 0.15) is 11.5 Å². The second-order valence-electron chi connectivity index (χ2n) is 7.96. The monoisotopic (exact) mass is 396 g/mol. The van der Waals surface area contributed by atoms with Gasteiger partial charge in [-0.1, -0.05) is 12.1 Å². The Morgan fingerprint density at radius 2 is 1.72 bits per heavy atom. The second kappa shape index (κ2) is 10.2. The molecule has 5 heteroatoms. The number of ether oxygens (including phenoxy) is 1. The molecule has 0 spiro atoms. The van der Waals surface area contributed by atoms with Crippen LogP contribution in [0.2, 0.25) is 0 Å². The number of hydrogen-bond donors (Lipinski definition) is 2. The summed E-state index contributed by atoms with van der Waals surface area (Å²) < 4.78 is 5.73. The Bertz CT molecular complexity index is 764. The lowest BCUT2D eigenvalue weighted by Crippen LogP contribution is -2.23. The Morgan fingerprint density at radius 1 is 1.10 bits per heavy atom. The maximum absolute atomic E-state index is 10.7. The largest absolute Gasteiger partial charge is 0.508 e. The molecule has 1 unspecified atom stereocenters. The Balaban J connectivity index is 0.000000170. The van der Waals surface area contributed by atoms with Crippen LogP contribution in [0, 0.1) is 5.92 Å². The van der Waals surface area contributed by atoms with Gasteiger partial charge in [-0.25, -0.2) is 0 Å². The van der Waals surface area contributed by atoms with Crippen molar-refractivity contribution in [3.8, 4) is 11.5 Å². The van der Waals surface area contributed by atoms with Crippen molar-refractivity contribution in [3.05, 3.63) is 54.1 Å². The van der Waals surface area contributed by atoms with E-state index >= 15 is 0 Å². The maximum atomic E-state index is 10.7. The molecule has 1 atom stereocenters. The highest BCUT2D eigenvalue weighted by Crippen LogP contribution is 2.30. The van der Waals surface area contributed by atoms with E-state index in [0.29, 0.717) is 0 Å². The van der Waals surface area contributed by atoms with Gasteiger partial charge in [0.2, 0.25) is 5.91 Å². The predicted octanol–water partition coefficient (Wildman–Crippen LogP) is 4.66. The summed E-state index contributed by atoms with van der Waals surface area (Å²) in [6.45, 7) is 6.71. The molecule has 0 aromatic heterocycles. The number of benzene rings is 2. The highest BCUT2D eigenvalue weighted by molar-refractivity contribution is 5.73. The fourth-order valence-electron chi connectivity index (χ4n) is 3.38. The molecule has 4 rings (SSSR count). The molecule has 5 nitrogen and oxygen atoms in total. The number of nitrogens with one attached hydrogen (secondary N) is 1. The lowest BCUT2D eigenvalue weighted by molar-refractivity contribution is -0.119. The molecule has 1 amide bonds. The lowest BCUT2D eigenvalue weighted by atomic mass is 10.1. The van der Waals surface area contributed by atoms with Gasteiger partial charge in [-0.05, 0) is 80.5 Å². The molecule has 2 aromatic carbocycles. The molecule has 1 aliphatic carbocycles. The van der Waals surface area contributed by atoms with Crippen molar-refractivity contribution in [2.75, 3.05) is 24.6 Å². The zero-order chi connectivity index (χ0) is 20.6. The van der Waals surface area contributed by atoms with Gasteiger partial charge in [-0.2, -0.15) is 0 Å². The average Bonchev–Trinajstić information content (AvgIpc) is 3.38. The van der Waals surface area contributed by atoms with Gasteiger partial charge in [0.15, 0.2) is 0 Å². The van der Waals surface area contributed by atoms with Crippen molar-refractivity contribution in [1.29, 1.82) is 0 Å². The van der Waals surface area contributed by atoms with Gasteiger partial charge in [0.25, 0.3) is 0 Å². The molecule has 2 aliphatic rings. The Morgan fingerprint density at radius 3 is 2.28 bits per heavy atom. The standard InChI is InChI=1S/C14H19NO.C10H13NO2/c1-2-10-15(9-1)13-5-7-14(8-6-13)16-11-12-3-4-12;1-7(11-8(2)12)9-3-5-10(13)6-4-9/h5-8,12H,1-4,9-11H2;3-7,13H,1-2H3,(H,11,12). The van der Waals surface area contributed by atoms with Crippen molar-refractivity contribution in [1.82, 2.24) is 5.32 Å². The summed E-state index contributed by atoms with van der Waals surface area (Å²) in [6, 6.07) is 15.4. The van der Waals surface area contributed by atoms with E-state index < -0.39 is 0 Å². The summed E-state index contributed by atoms with van der Waals surface area (Å²) in [4.78, 5) is 13.2. The average molecular weight is 397 g/mol. The van der Waals surface area contributed by atoms with E-state index in [9.17, 15) is 4.79 Å². The van der Waals surface area contributed by atoms with Crippen LogP contribution >= 0.6 is 0 Å². The quantitative estimate of drug-likeness (QED) is 0.745. The van der Waals surface area contributed by atoms with Crippen molar-refractivity contribution >= 4 is 11.6 Å². The van der Waals surface area contributed by atoms with E-state index in [2.05, 4.69) is 34.5 Å². The van der Waals surface area contributed by atoms with E-state index in [-0.39, 0.29) is 17.7 Å². The number of nitrogens with zero attached hydrogens (tertiary/aromatic N) is 1. The van der Waals surface area contributed by atoms with Gasteiger partial charge >= 0.3 is 0 Å². The van der Waals surface area contributed by atoms with E-state index in [0.717, 1.165) is 23.8 Å². The van der Waals surface area contributed by atoms with Gasteiger partial charge in [-0.15, -0.1) is 0 Å². The fourth-order valence-corrected chi connectivity index (χ4v) is 3.38. The predicted molar refractivity (Wildman–Crippen MR) is 116 cm³/mol. The maximum Gasteiger partial charge on any atom is 0.217 e. The number of phenolic OH excluding ortho intramolecular Hbond substituents is 1. The molecule has 0 radical (unpaired) electrons. The van der Waals surface area contributed by atoms with Gasteiger partial charge in [0, 0.05) is 25.7 Å². The van der Waals surface area contributed by atoms with Gasteiger partial charge in [0.05, 0.1) is 12.6 Å². The van der Waals surface area contributed by atoms with Crippen LogP contribution in [0.5, 0.6) is 11.5 Å². The first-order valence-electron chi connectivity index (χ1n) is 10.5. The van der Waals surface area contributed by atoms with Crippen molar-refractivity contribution in [2.24, 2.45) is 5.92 Å². The summed E-state index contributed by atoms with van der Waals surface area (Å²) in [5.74, 6) is 2.03. The lowest BCUT2D eigenvalue weighted by Gasteiger charge is -2.17. The Hall–Kier alpha value is -2.69. The number of phenols is 1. The third-order valence-electron chi connectivity index (χ3n) is 5.30. The first kappa shape index (κ1) is 21.0. The summed E-state index contributed by atoms with van der Waals surface area (Å²) in [5, 5.41) is 11.8. The minimum Gasteiger partial charge on any atom is -0.508 e. The second-order valence-corrected chi connectivity index (χ2v) is 7.96. The molecule has 1 heterocycles. The first-order valence-corrected chi connectivity index (χ1v) is 10.5. The van der Waals surface area contributed by atoms with Crippen LogP contribution in [-0.2, 0) is 4.79 Å². The molecular formula is C24H32N2O3. The molecule has 1 saturated carbocycles. The summed E-state index contributed by atoms with van der Waals surface area (Å²) in [5.41, 5.74) is 2.32. The van der Waals surface area contributed by atoms with Crippen LogP contribution < -0.4 is 15.0 Å². The number of amides is 1. The van der Waals surface area contributed by atoms with Gasteiger partial charge in [-0.3, -0.25) is 4.79 Å². The number of anilines is 1. The molecule has 29 heavy (non-hydrogen) atoms. The zero-order valence-corrected chi connectivity index (χ0v) is 17.4. The molecule has 2 N–H and O–H groups in total. The van der Waals surface area contributed by atoms with Crippen LogP contribution in [-0.4, -0.2) is 30.7 Å². The number of carbonyl (C=O) groups is 1. The topological polar surface area (TPSA) is 61.8 Å². The molecule has 2 aromatic rings. The minimum atomic E-state index is -0.0550. The third-order valence-corrected chi connectivity index (χ3v) is 5.30. The number of hydrogen-bond acceptors (Lipinski definition) is 4. The zero-order valence-electron chi connectivity index (χ0n) is 17.4. The van der Waals surface area contributed by atoms with E-state index in [4.69, 9.17) is 9.84 Å². The van der Waals surface area contributed by atoms with Crippen LogP contribution in [0.4, 0.5) is 5.69 Å². The van der Waals surface area contributed by atoms with E-state index in [1.54, 1.807) is 24.3 Å². The highest BCUT2D eigenvalue weighted by Gasteiger charge is 2.21. The number of aromatic hydroxyl groups is 1. The Labute approximate surface area is 173 Å². The molecule has 0 bridgehead atoms. The molecule has 156 valence electrons.